The van der Waals surface area contributed by atoms with Gasteiger partial charge in [0.2, 0.25) is 0 Å². The van der Waals surface area contributed by atoms with Crippen LogP contribution in [0, 0.1) is 0 Å². The van der Waals surface area contributed by atoms with Crippen LogP contribution in [0.3, 0.4) is 0 Å². The Morgan fingerprint density at radius 2 is 1.37 bits per heavy atom. The predicted molar refractivity (Wildman–Crippen MR) is 138 cm³/mol. The van der Waals surface area contributed by atoms with E-state index in [0.717, 1.165) is 22.6 Å². The normalized spacial score (nSPS) is 17.9. The van der Waals surface area contributed by atoms with Crippen molar-refractivity contribution in [2.75, 3.05) is 7.11 Å². The molecular weight excluding hydrogens is 593 g/mol. The van der Waals surface area contributed by atoms with Crippen molar-refractivity contribution in [2.45, 2.75) is 63.9 Å². The lowest BCUT2D eigenvalue weighted by molar-refractivity contribution is -0.143. The number of carbonyl (C=O) groups is 1. The van der Waals surface area contributed by atoms with Gasteiger partial charge in [0.25, 0.3) is 0 Å². The van der Waals surface area contributed by atoms with Gasteiger partial charge in [0.15, 0.2) is 0 Å². The molecule has 0 spiro atoms. The third kappa shape index (κ3) is 6.70. The van der Waals surface area contributed by atoms with Crippen molar-refractivity contribution in [2.24, 2.45) is 0 Å². The highest BCUT2D eigenvalue weighted by Gasteiger charge is 2.43. The molecule has 1 aliphatic rings. The third-order valence-corrected chi connectivity index (χ3v) is 7.26. The summed E-state index contributed by atoms with van der Waals surface area (Å²) in [6.45, 7) is 4.50. The molecule has 0 N–H and O–H groups in total. The average molecular weight is 620 g/mol. The Kier molecular flexibility index (Phi) is 8.42. The summed E-state index contributed by atoms with van der Waals surface area (Å²) >= 11 is 0. The molecule has 1 fully saturated rings. The third-order valence-electron chi connectivity index (χ3n) is 7.26. The fourth-order valence-electron chi connectivity index (χ4n) is 4.96. The Hall–Kier alpha value is -3.90. The van der Waals surface area contributed by atoms with Gasteiger partial charge in [-0.3, -0.25) is 4.90 Å². The number of halogens is 9. The molecule has 0 radical (unpaired) electrons. The van der Waals surface area contributed by atoms with Gasteiger partial charge in [0, 0.05) is 17.7 Å². The molecule has 13 heteroatoms. The number of methoxy groups -OCH3 is 1. The van der Waals surface area contributed by atoms with E-state index >= 15 is 0 Å². The molecule has 3 aromatic rings. The Balaban J connectivity index is 1.81. The highest BCUT2D eigenvalue weighted by Crippen LogP contribution is 2.45. The molecule has 0 bridgehead atoms. The molecule has 43 heavy (non-hydrogen) atoms. The first-order valence-corrected chi connectivity index (χ1v) is 13.0. The van der Waals surface area contributed by atoms with E-state index in [9.17, 15) is 44.3 Å². The molecule has 1 amide bonds. The molecule has 4 rings (SSSR count). The summed E-state index contributed by atoms with van der Waals surface area (Å²) in [4.78, 5) is 13.8. The minimum Gasteiger partial charge on any atom is -0.496 e. The van der Waals surface area contributed by atoms with Crippen LogP contribution in [-0.2, 0) is 29.8 Å². The van der Waals surface area contributed by atoms with Gasteiger partial charge in [-0.25, -0.2) is 4.79 Å². The first-order valence-electron chi connectivity index (χ1n) is 13.0. The number of hydrogen-bond donors (Lipinski definition) is 0. The SMILES string of the molecule is COc1ccc(C(C)C)cc1-c1ccc(C(F)(F)F)cc1C1OC(=O)N(Cc2cc(C(F)(F)F)cc(C(F)(F)F)c2)C1C. The molecule has 1 heterocycles. The number of alkyl halides is 9. The van der Waals surface area contributed by atoms with Crippen LogP contribution in [0.4, 0.5) is 44.3 Å². The van der Waals surface area contributed by atoms with Gasteiger partial charge >= 0.3 is 24.6 Å². The quantitative estimate of drug-likeness (QED) is 0.258. The van der Waals surface area contributed by atoms with E-state index < -0.39 is 65.6 Å². The number of carbonyl (C=O) groups excluding carboxylic acids is 1. The van der Waals surface area contributed by atoms with Crippen LogP contribution < -0.4 is 4.74 Å². The van der Waals surface area contributed by atoms with Gasteiger partial charge in [-0.05, 0) is 72.0 Å². The number of nitrogens with zero attached hydrogens (tertiary/aromatic N) is 1. The van der Waals surface area contributed by atoms with E-state index in [1.54, 1.807) is 18.2 Å². The Bertz CT molecular complexity index is 1480. The lowest BCUT2D eigenvalue weighted by atomic mass is 9.89. The summed E-state index contributed by atoms with van der Waals surface area (Å²) in [6, 6.07) is 7.92. The number of rotatable bonds is 6. The molecule has 0 aromatic heterocycles. The van der Waals surface area contributed by atoms with Crippen LogP contribution in [0.25, 0.3) is 11.1 Å². The van der Waals surface area contributed by atoms with Crippen molar-refractivity contribution in [1.82, 2.24) is 4.90 Å². The van der Waals surface area contributed by atoms with Gasteiger partial charge < -0.3 is 9.47 Å². The summed E-state index contributed by atoms with van der Waals surface area (Å²) in [5.74, 6) is 0.359. The van der Waals surface area contributed by atoms with E-state index in [4.69, 9.17) is 9.47 Å². The van der Waals surface area contributed by atoms with Gasteiger partial charge in [-0.1, -0.05) is 26.0 Å². The fourth-order valence-corrected chi connectivity index (χ4v) is 4.96. The van der Waals surface area contributed by atoms with Crippen molar-refractivity contribution in [1.29, 1.82) is 0 Å². The van der Waals surface area contributed by atoms with Crippen molar-refractivity contribution < 1.29 is 53.8 Å². The Morgan fingerprint density at radius 3 is 1.88 bits per heavy atom. The van der Waals surface area contributed by atoms with Crippen LogP contribution in [-0.4, -0.2) is 24.1 Å². The van der Waals surface area contributed by atoms with Crippen LogP contribution >= 0.6 is 0 Å². The number of ether oxygens (including phenoxy) is 2. The molecule has 2 unspecified atom stereocenters. The zero-order valence-corrected chi connectivity index (χ0v) is 23.2. The molecule has 1 aliphatic heterocycles. The Morgan fingerprint density at radius 1 is 0.791 bits per heavy atom. The molecule has 0 aliphatic carbocycles. The summed E-state index contributed by atoms with van der Waals surface area (Å²) in [7, 11) is 1.38. The number of amides is 1. The molecule has 232 valence electrons. The second-order valence-electron chi connectivity index (χ2n) is 10.5. The Labute approximate surface area is 241 Å². The summed E-state index contributed by atoms with van der Waals surface area (Å²) < 4.78 is 133. The van der Waals surface area contributed by atoms with Crippen LogP contribution in [0.5, 0.6) is 5.75 Å². The standard InChI is InChI=1S/C30H26F9NO3/c1-15(2)18-5-8-25(42-4)23(11-18)22-7-6-19(28(31,32)33)13-24(22)26-16(3)40(27(41)43-26)14-17-9-20(29(34,35)36)12-21(10-17)30(37,38)39/h5-13,15-16,26H,14H2,1-4H3. The average Bonchev–Trinajstić information content (AvgIpc) is 3.18. The van der Waals surface area contributed by atoms with E-state index in [1.807, 2.05) is 13.8 Å². The van der Waals surface area contributed by atoms with Gasteiger partial charge in [-0.15, -0.1) is 0 Å². The maximum atomic E-state index is 13.8. The fraction of sp³-hybridized carbons (Fsp3) is 0.367. The zero-order valence-electron chi connectivity index (χ0n) is 23.2. The molecule has 3 aromatic carbocycles. The van der Waals surface area contributed by atoms with Crippen molar-refractivity contribution in [3.8, 4) is 16.9 Å². The zero-order chi connectivity index (χ0) is 32.1. The monoisotopic (exact) mass is 619 g/mol. The van der Waals surface area contributed by atoms with Gasteiger partial charge in [0.05, 0.1) is 29.8 Å². The number of cyclic esters (lactones) is 1. The van der Waals surface area contributed by atoms with Crippen molar-refractivity contribution in [3.05, 3.63) is 88.0 Å². The first-order chi connectivity index (χ1) is 19.8. The smallest absolute Gasteiger partial charge is 0.416 e. The number of benzene rings is 3. The highest BCUT2D eigenvalue weighted by atomic mass is 19.4. The van der Waals surface area contributed by atoms with Crippen LogP contribution in [0.2, 0.25) is 0 Å². The van der Waals surface area contributed by atoms with E-state index in [1.165, 1.54) is 20.1 Å². The maximum Gasteiger partial charge on any atom is 0.416 e. The second kappa shape index (κ2) is 11.3. The van der Waals surface area contributed by atoms with E-state index in [2.05, 4.69) is 0 Å². The number of hydrogen-bond acceptors (Lipinski definition) is 3. The molecule has 0 saturated carbocycles. The summed E-state index contributed by atoms with van der Waals surface area (Å²) in [5.41, 5.74) is -3.22. The largest absolute Gasteiger partial charge is 0.496 e. The minimum atomic E-state index is -5.10. The molecule has 1 saturated heterocycles. The van der Waals surface area contributed by atoms with Gasteiger partial charge in [0.1, 0.15) is 11.9 Å². The summed E-state index contributed by atoms with van der Waals surface area (Å²) in [6.07, 6.45) is -17.5. The first kappa shape index (κ1) is 32.0. The van der Waals surface area contributed by atoms with Crippen molar-refractivity contribution >= 4 is 6.09 Å². The lowest BCUT2D eigenvalue weighted by Crippen LogP contribution is -2.31. The predicted octanol–water partition coefficient (Wildman–Crippen LogP) is 9.62. The highest BCUT2D eigenvalue weighted by molar-refractivity contribution is 5.77. The topological polar surface area (TPSA) is 38.8 Å². The molecule has 4 nitrogen and oxygen atoms in total. The lowest BCUT2D eigenvalue weighted by Gasteiger charge is -2.24. The van der Waals surface area contributed by atoms with Crippen molar-refractivity contribution in [3.63, 3.8) is 0 Å². The maximum absolute atomic E-state index is 13.8. The van der Waals surface area contributed by atoms with E-state index in [-0.39, 0.29) is 23.1 Å². The minimum absolute atomic E-state index is 0.0361. The van der Waals surface area contributed by atoms with Crippen LogP contribution in [0.1, 0.15) is 66.2 Å². The second-order valence-corrected chi connectivity index (χ2v) is 10.5. The summed E-state index contributed by atoms with van der Waals surface area (Å²) in [5, 5.41) is 0. The van der Waals surface area contributed by atoms with Crippen LogP contribution in [0.15, 0.2) is 54.6 Å². The van der Waals surface area contributed by atoms with Gasteiger partial charge in [-0.2, -0.15) is 39.5 Å². The molecular formula is C30H26F9NO3. The van der Waals surface area contributed by atoms with E-state index in [0.29, 0.717) is 23.4 Å². The molecule has 2 atom stereocenters.